The molecule has 0 rings (SSSR count). The third-order valence-electron chi connectivity index (χ3n) is 1.69. The van der Waals surface area contributed by atoms with Crippen LogP contribution in [0.5, 0.6) is 0 Å². The van der Waals surface area contributed by atoms with Crippen LogP contribution in [-0.4, -0.2) is 38.0 Å². The van der Waals surface area contributed by atoms with Crippen molar-refractivity contribution in [1.29, 1.82) is 0 Å². The van der Waals surface area contributed by atoms with E-state index in [1.165, 1.54) is 0 Å². The van der Waals surface area contributed by atoms with Crippen LogP contribution in [0.4, 0.5) is 0 Å². The van der Waals surface area contributed by atoms with E-state index in [2.05, 4.69) is 5.32 Å². The largest absolute Gasteiger partial charge is 0.344 e. The van der Waals surface area contributed by atoms with Crippen LogP contribution in [0.1, 0.15) is 20.8 Å². The molecule has 0 aromatic carbocycles. The molecular weight excluding hydrogens is 152 g/mol. The zero-order valence-electron chi connectivity index (χ0n) is 8.77. The van der Waals surface area contributed by atoms with Gasteiger partial charge in [-0.05, 0) is 7.05 Å². The van der Waals surface area contributed by atoms with E-state index in [-0.39, 0.29) is 11.3 Å². The first-order valence-corrected chi connectivity index (χ1v) is 4.29. The number of likely N-dealkylation sites (N-methyl/N-ethyl adjacent to an activating group) is 2. The van der Waals surface area contributed by atoms with Crippen molar-refractivity contribution in [3.05, 3.63) is 0 Å². The van der Waals surface area contributed by atoms with Crippen LogP contribution < -0.4 is 5.32 Å². The van der Waals surface area contributed by atoms with Crippen LogP contribution in [-0.2, 0) is 4.79 Å². The lowest BCUT2D eigenvalue weighted by Crippen LogP contribution is -2.39. The van der Waals surface area contributed by atoms with E-state index in [4.69, 9.17) is 0 Å². The molecule has 0 spiro atoms. The summed E-state index contributed by atoms with van der Waals surface area (Å²) in [5.41, 5.74) is -0.261. The summed E-state index contributed by atoms with van der Waals surface area (Å²) in [4.78, 5) is 13.3. The van der Waals surface area contributed by atoms with Gasteiger partial charge in [0.15, 0.2) is 0 Å². The van der Waals surface area contributed by atoms with Gasteiger partial charge in [-0.15, -0.1) is 0 Å². The van der Waals surface area contributed by atoms with Crippen molar-refractivity contribution in [2.24, 2.45) is 5.41 Å². The number of amides is 1. The van der Waals surface area contributed by atoms with Gasteiger partial charge in [-0.3, -0.25) is 4.79 Å². The predicted molar refractivity (Wildman–Crippen MR) is 51.0 cm³/mol. The summed E-state index contributed by atoms with van der Waals surface area (Å²) >= 11 is 0. The van der Waals surface area contributed by atoms with Crippen molar-refractivity contribution in [3.8, 4) is 0 Å². The fourth-order valence-corrected chi connectivity index (χ4v) is 0.954. The lowest BCUT2D eigenvalue weighted by molar-refractivity contribution is -0.137. The van der Waals surface area contributed by atoms with Gasteiger partial charge in [0.2, 0.25) is 5.91 Å². The zero-order chi connectivity index (χ0) is 9.78. The fourth-order valence-electron chi connectivity index (χ4n) is 0.954. The standard InChI is InChI=1S/C9H20N2O/c1-9(2,3)8(12)11(5)7-6-10-4/h10H,6-7H2,1-5H3. The highest BCUT2D eigenvalue weighted by Crippen LogP contribution is 2.15. The van der Waals surface area contributed by atoms with Gasteiger partial charge in [-0.25, -0.2) is 0 Å². The summed E-state index contributed by atoms with van der Waals surface area (Å²) in [6.07, 6.45) is 0. The Morgan fingerprint density at radius 3 is 2.25 bits per heavy atom. The molecular formula is C9H20N2O. The van der Waals surface area contributed by atoms with Gasteiger partial charge in [-0.2, -0.15) is 0 Å². The van der Waals surface area contributed by atoms with Crippen molar-refractivity contribution in [2.75, 3.05) is 27.2 Å². The van der Waals surface area contributed by atoms with E-state index in [0.717, 1.165) is 13.1 Å². The van der Waals surface area contributed by atoms with Gasteiger partial charge >= 0.3 is 0 Å². The van der Waals surface area contributed by atoms with E-state index in [1.807, 2.05) is 34.9 Å². The first-order valence-electron chi connectivity index (χ1n) is 4.29. The van der Waals surface area contributed by atoms with Gasteiger partial charge in [0, 0.05) is 25.6 Å². The van der Waals surface area contributed by atoms with Crippen LogP contribution >= 0.6 is 0 Å². The van der Waals surface area contributed by atoms with Crippen molar-refractivity contribution in [2.45, 2.75) is 20.8 Å². The van der Waals surface area contributed by atoms with Crippen molar-refractivity contribution in [3.63, 3.8) is 0 Å². The number of hydrogen-bond acceptors (Lipinski definition) is 2. The highest BCUT2D eigenvalue weighted by molar-refractivity contribution is 5.81. The zero-order valence-corrected chi connectivity index (χ0v) is 8.77. The lowest BCUT2D eigenvalue weighted by atomic mass is 9.95. The van der Waals surface area contributed by atoms with Crippen molar-refractivity contribution < 1.29 is 4.79 Å². The minimum absolute atomic E-state index is 0.192. The van der Waals surface area contributed by atoms with Crippen LogP contribution in [0.3, 0.4) is 0 Å². The number of carbonyl (C=O) groups excluding carboxylic acids is 1. The lowest BCUT2D eigenvalue weighted by Gasteiger charge is -2.25. The molecule has 0 radical (unpaired) electrons. The summed E-state index contributed by atoms with van der Waals surface area (Å²) in [7, 11) is 3.72. The maximum Gasteiger partial charge on any atom is 0.227 e. The second-order valence-electron chi connectivity index (χ2n) is 4.08. The molecule has 0 unspecified atom stereocenters. The predicted octanol–water partition coefficient (Wildman–Crippen LogP) is 0.710. The molecule has 0 saturated heterocycles. The minimum Gasteiger partial charge on any atom is -0.344 e. The summed E-state index contributed by atoms with van der Waals surface area (Å²) < 4.78 is 0. The molecule has 3 heteroatoms. The molecule has 0 saturated carbocycles. The molecule has 0 fully saturated rings. The average molecular weight is 172 g/mol. The van der Waals surface area contributed by atoms with Crippen LogP contribution in [0.25, 0.3) is 0 Å². The second-order valence-corrected chi connectivity index (χ2v) is 4.08. The molecule has 0 aliphatic rings. The Morgan fingerprint density at radius 2 is 1.92 bits per heavy atom. The molecule has 0 aromatic heterocycles. The Hall–Kier alpha value is -0.570. The Kier molecular flexibility index (Phi) is 4.24. The molecule has 1 amide bonds. The van der Waals surface area contributed by atoms with E-state index in [0.29, 0.717) is 0 Å². The van der Waals surface area contributed by atoms with E-state index < -0.39 is 0 Å². The summed E-state index contributed by atoms with van der Waals surface area (Å²) in [6.45, 7) is 7.42. The Morgan fingerprint density at radius 1 is 1.42 bits per heavy atom. The van der Waals surface area contributed by atoms with Gasteiger partial charge < -0.3 is 10.2 Å². The third kappa shape index (κ3) is 3.72. The minimum atomic E-state index is -0.261. The van der Waals surface area contributed by atoms with E-state index in [1.54, 1.807) is 4.90 Å². The molecule has 72 valence electrons. The van der Waals surface area contributed by atoms with Gasteiger partial charge in [0.1, 0.15) is 0 Å². The molecule has 3 nitrogen and oxygen atoms in total. The molecule has 0 heterocycles. The quantitative estimate of drug-likeness (QED) is 0.680. The van der Waals surface area contributed by atoms with Gasteiger partial charge in [0.25, 0.3) is 0 Å². The SMILES string of the molecule is CNCCN(C)C(=O)C(C)(C)C. The summed E-state index contributed by atoms with van der Waals surface area (Å²) in [6, 6.07) is 0. The maximum atomic E-state index is 11.6. The first kappa shape index (κ1) is 11.4. The number of hydrogen-bond donors (Lipinski definition) is 1. The van der Waals surface area contributed by atoms with Gasteiger partial charge in [0.05, 0.1) is 0 Å². The van der Waals surface area contributed by atoms with Crippen LogP contribution in [0.15, 0.2) is 0 Å². The highest BCUT2D eigenvalue weighted by Gasteiger charge is 2.24. The summed E-state index contributed by atoms with van der Waals surface area (Å²) in [5.74, 6) is 0.192. The second kappa shape index (κ2) is 4.45. The molecule has 0 aromatic rings. The maximum absolute atomic E-state index is 11.6. The smallest absolute Gasteiger partial charge is 0.227 e. The molecule has 0 atom stereocenters. The van der Waals surface area contributed by atoms with E-state index in [9.17, 15) is 4.79 Å². The van der Waals surface area contributed by atoms with Crippen molar-refractivity contribution >= 4 is 5.91 Å². The molecule has 0 bridgehead atoms. The van der Waals surface area contributed by atoms with Gasteiger partial charge in [-0.1, -0.05) is 20.8 Å². The molecule has 0 aliphatic carbocycles. The van der Waals surface area contributed by atoms with Crippen molar-refractivity contribution in [1.82, 2.24) is 10.2 Å². The average Bonchev–Trinajstić information content (AvgIpc) is 1.97. The monoisotopic (exact) mass is 172 g/mol. The first-order chi connectivity index (χ1) is 5.39. The summed E-state index contributed by atoms with van der Waals surface area (Å²) in [5, 5.41) is 3.01. The number of nitrogens with one attached hydrogen (secondary N) is 1. The molecule has 0 aliphatic heterocycles. The van der Waals surface area contributed by atoms with E-state index >= 15 is 0 Å². The Bertz CT molecular complexity index is 149. The topological polar surface area (TPSA) is 32.3 Å². The number of nitrogens with zero attached hydrogens (tertiary/aromatic N) is 1. The molecule has 1 N–H and O–H groups in total. The Labute approximate surface area is 75.1 Å². The fraction of sp³-hybridized carbons (Fsp3) is 0.889. The number of carbonyl (C=O) groups is 1. The normalized spacial score (nSPS) is 11.4. The van der Waals surface area contributed by atoms with Crippen LogP contribution in [0, 0.1) is 5.41 Å². The van der Waals surface area contributed by atoms with Crippen LogP contribution in [0.2, 0.25) is 0 Å². The highest BCUT2D eigenvalue weighted by atomic mass is 16.2. The molecule has 12 heavy (non-hydrogen) atoms. The Balaban J connectivity index is 3.94. The number of rotatable bonds is 3. The third-order valence-corrected chi connectivity index (χ3v) is 1.69.